The molecular formula is C21H28I2OSi. The summed E-state index contributed by atoms with van der Waals surface area (Å²) < 4.78 is 7.59. The molecule has 0 aliphatic rings. The van der Waals surface area contributed by atoms with Gasteiger partial charge in [-0.05, 0) is 34.7 Å². The molecule has 0 fully saturated rings. The summed E-state index contributed by atoms with van der Waals surface area (Å²) in [5, 5.41) is 2.81. The first-order valence-corrected chi connectivity index (χ1v) is 13.3. The van der Waals surface area contributed by atoms with Crippen LogP contribution in [0.25, 0.3) is 0 Å². The van der Waals surface area contributed by atoms with E-state index >= 15 is 0 Å². The highest BCUT2D eigenvalue weighted by atomic mass is 127. The van der Waals surface area contributed by atoms with Crippen molar-refractivity contribution < 1.29 is 4.43 Å². The van der Waals surface area contributed by atoms with Gasteiger partial charge in [0.25, 0.3) is 8.32 Å². The Labute approximate surface area is 181 Å². The minimum atomic E-state index is -2.33. The van der Waals surface area contributed by atoms with Gasteiger partial charge in [0.2, 0.25) is 0 Å². The molecule has 0 saturated heterocycles. The Morgan fingerprint density at radius 2 is 1.32 bits per heavy atom. The van der Waals surface area contributed by atoms with Crippen LogP contribution in [-0.4, -0.2) is 16.9 Å². The molecule has 0 aliphatic heterocycles. The van der Waals surface area contributed by atoms with Gasteiger partial charge in [0.1, 0.15) is 0 Å². The van der Waals surface area contributed by atoms with Crippen LogP contribution in [0.2, 0.25) is 5.04 Å². The zero-order valence-corrected chi connectivity index (χ0v) is 20.7. The third kappa shape index (κ3) is 5.53. The van der Waals surface area contributed by atoms with E-state index in [1.807, 2.05) is 0 Å². The number of hydrogen-bond acceptors (Lipinski definition) is 1. The Balaban J connectivity index is 2.36. The minimum absolute atomic E-state index is 0.0742. The number of hydrogen-bond donors (Lipinski definition) is 0. The quantitative estimate of drug-likeness (QED) is 0.164. The zero-order chi connectivity index (χ0) is 18.3. The third-order valence-corrected chi connectivity index (χ3v) is 10.8. The van der Waals surface area contributed by atoms with Crippen molar-refractivity contribution >= 4 is 63.9 Å². The van der Waals surface area contributed by atoms with Crippen molar-refractivity contribution in [1.29, 1.82) is 0 Å². The van der Waals surface area contributed by atoms with Crippen molar-refractivity contribution in [1.82, 2.24) is 0 Å². The summed E-state index contributed by atoms with van der Waals surface area (Å²) in [4.78, 5) is 0. The van der Waals surface area contributed by atoms with E-state index in [2.05, 4.69) is 127 Å². The van der Waals surface area contributed by atoms with Gasteiger partial charge in [-0.15, -0.1) is 0 Å². The van der Waals surface area contributed by atoms with Crippen molar-refractivity contribution in [3.05, 3.63) is 60.7 Å². The third-order valence-electron chi connectivity index (χ3n) is 4.55. The molecule has 2 aromatic carbocycles. The predicted molar refractivity (Wildman–Crippen MR) is 129 cm³/mol. The molecule has 0 aliphatic carbocycles. The van der Waals surface area contributed by atoms with Gasteiger partial charge in [0, 0.05) is 6.61 Å². The van der Waals surface area contributed by atoms with E-state index in [9.17, 15) is 0 Å². The molecule has 2 rings (SSSR count). The number of unbranched alkanes of at least 4 members (excludes halogenated alkanes) is 1. The fourth-order valence-corrected chi connectivity index (χ4v) is 8.87. The van der Waals surface area contributed by atoms with Crippen LogP contribution in [-0.2, 0) is 4.43 Å². The lowest BCUT2D eigenvalue weighted by Crippen LogP contribution is -2.66. The average Bonchev–Trinajstić information content (AvgIpc) is 2.58. The van der Waals surface area contributed by atoms with Crippen LogP contribution in [0.4, 0.5) is 0 Å². The first-order valence-electron chi connectivity index (χ1n) is 8.91. The summed E-state index contributed by atoms with van der Waals surface area (Å²) in [7, 11) is -2.33. The van der Waals surface area contributed by atoms with E-state index in [-0.39, 0.29) is 5.04 Å². The van der Waals surface area contributed by atoms with Gasteiger partial charge >= 0.3 is 0 Å². The van der Waals surface area contributed by atoms with E-state index in [1.165, 1.54) is 23.2 Å². The maximum Gasteiger partial charge on any atom is 0.261 e. The fourth-order valence-electron chi connectivity index (χ4n) is 3.39. The fraction of sp³-hybridized carbons (Fsp3) is 0.429. The van der Waals surface area contributed by atoms with Gasteiger partial charge in [-0.2, -0.15) is 0 Å². The standard InChI is InChI=1S/C21H28I2OSi/c1-21(2,3)25(18-12-6-4-7-13-18,19-14-8-5-9-15-19)24-17-11-10-16-20(22)23/h4-9,12-15,20H,10-11,16-17H2,1-3H3. The molecule has 0 saturated carbocycles. The molecule has 0 radical (unpaired) electrons. The lowest BCUT2D eigenvalue weighted by molar-refractivity contribution is 0.288. The Bertz CT molecular complexity index is 584. The van der Waals surface area contributed by atoms with Crippen LogP contribution >= 0.6 is 45.2 Å². The second-order valence-electron chi connectivity index (χ2n) is 7.40. The first-order chi connectivity index (χ1) is 11.9. The van der Waals surface area contributed by atoms with Gasteiger partial charge in [-0.1, -0.05) is 127 Å². The van der Waals surface area contributed by atoms with Crippen molar-refractivity contribution in [2.45, 2.75) is 47.0 Å². The molecule has 0 heterocycles. The van der Waals surface area contributed by atoms with Gasteiger partial charge in [-0.3, -0.25) is 0 Å². The molecule has 2 aromatic rings. The number of halogens is 2. The Morgan fingerprint density at radius 3 is 1.72 bits per heavy atom. The number of alkyl halides is 2. The molecule has 4 heteroatoms. The monoisotopic (exact) mass is 578 g/mol. The summed E-state index contributed by atoms with van der Waals surface area (Å²) in [6.45, 7) is 7.86. The van der Waals surface area contributed by atoms with Gasteiger partial charge < -0.3 is 4.43 Å². The van der Waals surface area contributed by atoms with E-state index in [1.54, 1.807) is 0 Å². The molecule has 0 aromatic heterocycles. The lowest BCUT2D eigenvalue weighted by atomic mass is 10.2. The molecule has 0 N–H and O–H groups in total. The first kappa shape index (κ1) is 21.4. The summed E-state index contributed by atoms with van der Waals surface area (Å²) in [6, 6.07) is 21.8. The van der Waals surface area contributed by atoms with E-state index in [0.29, 0.717) is 1.93 Å². The highest BCUT2D eigenvalue weighted by Crippen LogP contribution is 2.36. The number of benzene rings is 2. The number of rotatable bonds is 8. The van der Waals surface area contributed by atoms with Crippen LogP contribution in [0.5, 0.6) is 0 Å². The molecule has 136 valence electrons. The molecular weight excluding hydrogens is 550 g/mol. The lowest BCUT2D eigenvalue weighted by Gasteiger charge is -2.43. The summed E-state index contributed by atoms with van der Waals surface area (Å²) in [6.07, 6.45) is 3.62. The van der Waals surface area contributed by atoms with Gasteiger partial charge in [0.15, 0.2) is 0 Å². The van der Waals surface area contributed by atoms with Crippen LogP contribution in [0.1, 0.15) is 40.0 Å². The second kappa shape index (κ2) is 9.85. The smallest absolute Gasteiger partial charge is 0.261 e. The molecule has 0 unspecified atom stereocenters. The SMILES string of the molecule is CC(C)(C)[Si](OCCCCC(I)I)(c1ccccc1)c1ccccc1. The van der Waals surface area contributed by atoms with Gasteiger partial charge in [0.05, 0.1) is 1.93 Å². The van der Waals surface area contributed by atoms with E-state index in [0.717, 1.165) is 13.0 Å². The molecule has 0 spiro atoms. The molecule has 0 amide bonds. The highest BCUT2D eigenvalue weighted by molar-refractivity contribution is 14.2. The largest absolute Gasteiger partial charge is 0.407 e. The maximum absolute atomic E-state index is 6.88. The normalized spacial score (nSPS) is 12.6. The summed E-state index contributed by atoms with van der Waals surface area (Å²) >= 11 is 4.99. The molecule has 25 heavy (non-hydrogen) atoms. The molecule has 0 atom stereocenters. The topological polar surface area (TPSA) is 9.23 Å². The van der Waals surface area contributed by atoms with Gasteiger partial charge in [-0.25, -0.2) is 0 Å². The maximum atomic E-state index is 6.88. The van der Waals surface area contributed by atoms with Crippen LogP contribution in [0.3, 0.4) is 0 Å². The molecule has 0 bridgehead atoms. The van der Waals surface area contributed by atoms with Crippen molar-refractivity contribution in [3.63, 3.8) is 0 Å². The van der Waals surface area contributed by atoms with Crippen molar-refractivity contribution in [2.24, 2.45) is 0 Å². The Kier molecular flexibility index (Phi) is 8.42. The van der Waals surface area contributed by atoms with Crippen molar-refractivity contribution in [2.75, 3.05) is 6.61 Å². The summed E-state index contributed by atoms with van der Waals surface area (Å²) in [5.74, 6) is 0. The van der Waals surface area contributed by atoms with E-state index < -0.39 is 8.32 Å². The molecule has 1 nitrogen and oxygen atoms in total. The average molecular weight is 578 g/mol. The van der Waals surface area contributed by atoms with Crippen LogP contribution in [0.15, 0.2) is 60.7 Å². The zero-order valence-electron chi connectivity index (χ0n) is 15.3. The van der Waals surface area contributed by atoms with Crippen molar-refractivity contribution in [3.8, 4) is 0 Å². The van der Waals surface area contributed by atoms with Crippen LogP contribution in [0, 0.1) is 0 Å². The van der Waals surface area contributed by atoms with Crippen LogP contribution < -0.4 is 10.4 Å². The second-order valence-corrected chi connectivity index (χ2v) is 17.1. The Morgan fingerprint density at radius 1 is 0.840 bits per heavy atom. The van der Waals surface area contributed by atoms with E-state index in [4.69, 9.17) is 4.43 Å². The predicted octanol–water partition coefficient (Wildman–Crippen LogP) is 5.93. The Hall–Kier alpha value is 0.0769. The minimum Gasteiger partial charge on any atom is -0.407 e. The highest BCUT2D eigenvalue weighted by Gasteiger charge is 2.49. The summed E-state index contributed by atoms with van der Waals surface area (Å²) in [5.41, 5.74) is 0.